The van der Waals surface area contributed by atoms with Crippen molar-refractivity contribution >= 4 is 33.5 Å². The van der Waals surface area contributed by atoms with Gasteiger partial charge in [0.2, 0.25) is 21.8 Å². The van der Waals surface area contributed by atoms with Crippen LogP contribution in [-0.4, -0.2) is 65.5 Å². The second-order valence-corrected chi connectivity index (χ2v) is 10.2. The second-order valence-electron chi connectivity index (χ2n) is 6.99. The number of benzene rings is 1. The van der Waals surface area contributed by atoms with E-state index in [9.17, 15) is 13.2 Å². The summed E-state index contributed by atoms with van der Waals surface area (Å²) in [6, 6.07) is 7.94. The number of morpholine rings is 1. The number of carbonyl (C=O) groups excluding carboxylic acids is 1. The van der Waals surface area contributed by atoms with Crippen molar-refractivity contribution in [1.82, 2.24) is 19.7 Å². The van der Waals surface area contributed by atoms with Gasteiger partial charge in [0, 0.05) is 24.7 Å². The maximum absolute atomic E-state index is 12.9. The Morgan fingerprint density at radius 2 is 2.00 bits per heavy atom. The Labute approximate surface area is 188 Å². The lowest BCUT2D eigenvalue weighted by molar-refractivity contribution is -0.115. The van der Waals surface area contributed by atoms with E-state index in [0.717, 1.165) is 11.8 Å². The van der Waals surface area contributed by atoms with E-state index in [4.69, 9.17) is 13.7 Å². The Morgan fingerprint density at radius 1 is 1.22 bits per heavy atom. The molecule has 1 aliphatic rings. The summed E-state index contributed by atoms with van der Waals surface area (Å²) in [5.74, 6) is 0.761. The van der Waals surface area contributed by atoms with E-state index in [0.29, 0.717) is 43.4 Å². The third-order valence-corrected chi connectivity index (χ3v) is 7.45. The van der Waals surface area contributed by atoms with Gasteiger partial charge in [-0.1, -0.05) is 23.0 Å². The van der Waals surface area contributed by atoms with Crippen LogP contribution in [0, 0.1) is 6.92 Å². The molecule has 0 saturated carbocycles. The highest BCUT2D eigenvalue weighted by molar-refractivity contribution is 8.00. The number of hydrogen-bond acceptors (Lipinski definition) is 10. The van der Waals surface area contributed by atoms with Crippen molar-refractivity contribution < 1.29 is 26.9 Å². The van der Waals surface area contributed by atoms with E-state index in [1.807, 2.05) is 0 Å². The number of hydrogen-bond donors (Lipinski definition) is 1. The number of ether oxygens (including phenoxy) is 1. The molecular weight excluding hydrogens is 458 g/mol. The Kier molecular flexibility index (Phi) is 6.60. The predicted molar refractivity (Wildman–Crippen MR) is 115 cm³/mol. The number of anilines is 1. The number of nitrogens with zero attached hydrogens (tertiary/aromatic N) is 4. The molecule has 4 rings (SSSR count). The first-order chi connectivity index (χ1) is 15.3. The largest absolute Gasteiger partial charge is 0.411 e. The van der Waals surface area contributed by atoms with Gasteiger partial charge in [-0.25, -0.2) is 8.42 Å². The smallest absolute Gasteiger partial charge is 0.277 e. The van der Waals surface area contributed by atoms with Crippen LogP contribution in [0.4, 0.5) is 5.82 Å². The first-order valence-corrected chi connectivity index (χ1v) is 12.1. The van der Waals surface area contributed by atoms with Crippen molar-refractivity contribution in [3.8, 4) is 11.5 Å². The van der Waals surface area contributed by atoms with Crippen molar-refractivity contribution in [1.29, 1.82) is 0 Å². The van der Waals surface area contributed by atoms with E-state index < -0.39 is 15.3 Å². The fourth-order valence-electron chi connectivity index (χ4n) is 2.96. The van der Waals surface area contributed by atoms with Crippen LogP contribution in [-0.2, 0) is 19.6 Å². The molecule has 0 aliphatic carbocycles. The van der Waals surface area contributed by atoms with E-state index in [1.165, 1.54) is 16.4 Å². The van der Waals surface area contributed by atoms with Gasteiger partial charge in [0.25, 0.3) is 5.22 Å². The van der Waals surface area contributed by atoms with Gasteiger partial charge in [-0.3, -0.25) is 4.79 Å². The molecule has 11 nitrogen and oxygen atoms in total. The molecule has 0 bridgehead atoms. The van der Waals surface area contributed by atoms with Crippen molar-refractivity contribution in [2.45, 2.75) is 29.2 Å². The van der Waals surface area contributed by atoms with Crippen LogP contribution >= 0.6 is 11.8 Å². The molecule has 1 aliphatic heterocycles. The minimum Gasteiger partial charge on any atom is -0.411 e. The molecule has 0 radical (unpaired) electrons. The zero-order chi connectivity index (χ0) is 22.7. The van der Waals surface area contributed by atoms with Crippen molar-refractivity contribution in [3.63, 3.8) is 0 Å². The summed E-state index contributed by atoms with van der Waals surface area (Å²) in [5, 5.41) is 14.0. The molecular formula is C19H21N5O6S2. The number of rotatable bonds is 7. The highest BCUT2D eigenvalue weighted by Crippen LogP contribution is 2.28. The summed E-state index contributed by atoms with van der Waals surface area (Å²) in [6.07, 6.45) is 0. The number of aryl methyl sites for hydroxylation is 1. The summed E-state index contributed by atoms with van der Waals surface area (Å²) < 4.78 is 43.0. The normalized spacial score (nSPS) is 16.1. The van der Waals surface area contributed by atoms with Gasteiger partial charge in [-0.05, 0) is 32.0 Å². The molecule has 170 valence electrons. The first kappa shape index (κ1) is 22.5. The third-order valence-electron chi connectivity index (χ3n) is 4.62. The van der Waals surface area contributed by atoms with Crippen LogP contribution in [0.15, 0.2) is 49.4 Å². The molecule has 13 heteroatoms. The van der Waals surface area contributed by atoms with Crippen LogP contribution in [0.3, 0.4) is 0 Å². The molecule has 3 aromatic rings. The van der Waals surface area contributed by atoms with Crippen LogP contribution in [0.25, 0.3) is 11.5 Å². The standard InChI is InChI=1S/C19H21N5O6S2/c1-12-10-16(23-30-12)20-17(25)13(2)31-19-22-21-18(29-19)14-4-3-5-15(11-14)32(26,27)24-6-8-28-9-7-24/h3-5,10-11,13H,6-9H2,1-2H3,(H,20,23,25)/t13-/m0/s1. The Balaban J connectivity index is 1.45. The van der Waals surface area contributed by atoms with Gasteiger partial charge in [0.15, 0.2) is 5.82 Å². The third kappa shape index (κ3) is 5.01. The lowest BCUT2D eigenvalue weighted by Gasteiger charge is -2.26. The van der Waals surface area contributed by atoms with Gasteiger partial charge >= 0.3 is 0 Å². The molecule has 1 atom stereocenters. The van der Waals surface area contributed by atoms with E-state index >= 15 is 0 Å². The van der Waals surface area contributed by atoms with E-state index in [2.05, 4.69) is 20.7 Å². The summed E-state index contributed by atoms with van der Waals surface area (Å²) in [4.78, 5) is 12.5. The predicted octanol–water partition coefficient (Wildman–Crippen LogP) is 2.17. The Hall–Kier alpha value is -2.74. The Morgan fingerprint density at radius 3 is 2.72 bits per heavy atom. The second kappa shape index (κ2) is 9.40. The topological polar surface area (TPSA) is 141 Å². The molecule has 1 fully saturated rings. The minimum atomic E-state index is -3.65. The average molecular weight is 480 g/mol. The number of nitrogens with one attached hydrogen (secondary N) is 1. The fourth-order valence-corrected chi connectivity index (χ4v) is 5.10. The van der Waals surface area contributed by atoms with Crippen molar-refractivity contribution in [2.75, 3.05) is 31.6 Å². The molecule has 1 saturated heterocycles. The summed E-state index contributed by atoms with van der Waals surface area (Å²) in [5.41, 5.74) is 0.467. The fraction of sp³-hybridized carbons (Fsp3) is 0.368. The molecule has 1 aromatic carbocycles. The summed E-state index contributed by atoms with van der Waals surface area (Å²) in [7, 11) is -3.65. The number of aromatic nitrogens is 3. The molecule has 32 heavy (non-hydrogen) atoms. The zero-order valence-corrected chi connectivity index (χ0v) is 19.0. The SMILES string of the molecule is Cc1cc(NC(=O)[C@H](C)Sc2nnc(-c3cccc(S(=O)(=O)N4CCOCC4)c3)o2)no1. The van der Waals surface area contributed by atoms with Gasteiger partial charge in [-0.15, -0.1) is 10.2 Å². The van der Waals surface area contributed by atoms with Crippen LogP contribution < -0.4 is 5.32 Å². The monoisotopic (exact) mass is 479 g/mol. The molecule has 0 unspecified atom stereocenters. The summed E-state index contributed by atoms with van der Waals surface area (Å²) >= 11 is 1.07. The van der Waals surface area contributed by atoms with Crippen LogP contribution in [0.1, 0.15) is 12.7 Å². The van der Waals surface area contributed by atoms with Crippen LogP contribution in [0.5, 0.6) is 0 Å². The van der Waals surface area contributed by atoms with Crippen molar-refractivity contribution in [2.24, 2.45) is 0 Å². The minimum absolute atomic E-state index is 0.139. The first-order valence-electron chi connectivity index (χ1n) is 9.75. The number of thioether (sulfide) groups is 1. The Bertz CT molecular complexity index is 1200. The highest BCUT2D eigenvalue weighted by Gasteiger charge is 2.27. The molecule has 1 N–H and O–H groups in total. The van der Waals surface area contributed by atoms with Crippen molar-refractivity contribution in [3.05, 3.63) is 36.1 Å². The van der Waals surface area contributed by atoms with E-state index in [-0.39, 0.29) is 21.9 Å². The van der Waals surface area contributed by atoms with Gasteiger partial charge in [0.1, 0.15) is 5.76 Å². The lowest BCUT2D eigenvalue weighted by atomic mass is 10.2. The zero-order valence-electron chi connectivity index (χ0n) is 17.3. The number of sulfonamides is 1. The number of amides is 1. The molecule has 1 amide bonds. The quantitative estimate of drug-likeness (QED) is 0.501. The molecule has 0 spiro atoms. The molecule has 2 aromatic heterocycles. The van der Waals surface area contributed by atoms with Gasteiger partial charge < -0.3 is 19.0 Å². The van der Waals surface area contributed by atoms with Gasteiger partial charge in [0.05, 0.1) is 23.4 Å². The number of carbonyl (C=O) groups is 1. The lowest BCUT2D eigenvalue weighted by Crippen LogP contribution is -2.40. The molecule has 3 heterocycles. The average Bonchev–Trinajstić information content (AvgIpc) is 3.43. The highest BCUT2D eigenvalue weighted by atomic mass is 32.2. The summed E-state index contributed by atoms with van der Waals surface area (Å²) in [6.45, 7) is 4.76. The van der Waals surface area contributed by atoms with E-state index in [1.54, 1.807) is 32.0 Å². The maximum atomic E-state index is 12.9. The van der Waals surface area contributed by atoms with Gasteiger partial charge in [-0.2, -0.15) is 4.31 Å². The van der Waals surface area contributed by atoms with Crippen LogP contribution in [0.2, 0.25) is 0 Å². The maximum Gasteiger partial charge on any atom is 0.277 e.